The maximum atomic E-state index is 14.6. The number of thioether (sulfide) groups is 3. The van der Waals surface area contributed by atoms with Gasteiger partial charge in [0.15, 0.2) is 11.5 Å². The van der Waals surface area contributed by atoms with Crippen molar-refractivity contribution in [3.05, 3.63) is 212 Å². The molecule has 0 saturated heterocycles. The van der Waals surface area contributed by atoms with Gasteiger partial charge in [0.1, 0.15) is 0 Å². The Kier molecular flexibility index (Phi) is 32.0. The Morgan fingerprint density at radius 3 is 0.917 bits per heavy atom. The van der Waals surface area contributed by atoms with E-state index in [1.165, 1.54) is 85.4 Å². The molecule has 0 aliphatic rings. The van der Waals surface area contributed by atoms with Crippen molar-refractivity contribution in [3.8, 4) is 17.2 Å². The average molecular weight is 1190 g/mol. The van der Waals surface area contributed by atoms with Crippen molar-refractivity contribution in [1.82, 2.24) is 0 Å². The van der Waals surface area contributed by atoms with Gasteiger partial charge >= 0.3 is 23.9 Å². The Morgan fingerprint density at radius 1 is 0.369 bits per heavy atom. The molecule has 4 aromatic carbocycles. The van der Waals surface area contributed by atoms with E-state index in [-0.39, 0.29) is 22.3 Å². The number of allylic oxidation sites excluding steroid dienone is 15. The summed E-state index contributed by atoms with van der Waals surface area (Å²) in [5.74, 6) is -3.38. The standard InChI is InChI=1S/C73H90O8S3/c1-51(2)25-19-28-54(7)31-22-34-57(10)43-46-82-66-40-16-13-37-61(66)71(76)79-64-49-60(70(74)75)50-65(80-72(77)62-38-14-17-41-67(62)83-47-44-58(11)35-23-32-55(8)29-20-26-52(3)4)69(64)81-73(78)63-39-15-18-42-68(63)84-48-45-59(12)36-24-33-56(9)30-21-27-53(5)6/h13-18,25-27,31-33,37-45,49-50H,19-24,28-30,34-36,46-48H2,1-12H3,(H,74,75)/b54-31+,55-32+,56-33+,57-43+,58-44+,59-45+. The van der Waals surface area contributed by atoms with Crippen LogP contribution in [0.4, 0.5) is 0 Å². The zero-order valence-electron chi connectivity index (χ0n) is 51.9. The van der Waals surface area contributed by atoms with E-state index in [9.17, 15) is 24.3 Å². The van der Waals surface area contributed by atoms with Gasteiger partial charge in [-0.25, -0.2) is 19.2 Å². The van der Waals surface area contributed by atoms with E-state index >= 15 is 0 Å². The first-order valence-electron chi connectivity index (χ1n) is 29.3. The van der Waals surface area contributed by atoms with Crippen molar-refractivity contribution in [2.45, 2.75) is 175 Å². The largest absolute Gasteiger partial charge is 0.478 e. The van der Waals surface area contributed by atoms with Crippen molar-refractivity contribution in [1.29, 1.82) is 0 Å². The highest BCUT2D eigenvalue weighted by atomic mass is 32.2. The number of carbonyl (C=O) groups excluding carboxylic acids is 3. The van der Waals surface area contributed by atoms with Gasteiger partial charge in [0.05, 0.1) is 22.3 Å². The summed E-state index contributed by atoms with van der Waals surface area (Å²) in [5.41, 5.74) is 12.1. The topological polar surface area (TPSA) is 116 Å². The van der Waals surface area contributed by atoms with Crippen LogP contribution in [0.2, 0.25) is 0 Å². The molecular formula is C73H90O8S3. The monoisotopic (exact) mass is 1190 g/mol. The molecule has 0 spiro atoms. The number of hydrogen-bond acceptors (Lipinski definition) is 10. The molecule has 0 aliphatic carbocycles. The highest BCUT2D eigenvalue weighted by molar-refractivity contribution is 8.00. The summed E-state index contributed by atoms with van der Waals surface area (Å²) in [6.45, 7) is 25.6. The van der Waals surface area contributed by atoms with Crippen LogP contribution < -0.4 is 14.2 Å². The molecule has 84 heavy (non-hydrogen) atoms. The van der Waals surface area contributed by atoms with Crippen molar-refractivity contribution < 1.29 is 38.5 Å². The first-order valence-corrected chi connectivity index (χ1v) is 32.2. The normalized spacial score (nSPS) is 12.4. The average Bonchev–Trinajstić information content (AvgIpc) is 3.07. The Balaban J connectivity index is 1.65. The van der Waals surface area contributed by atoms with E-state index < -0.39 is 41.1 Å². The molecule has 8 nitrogen and oxygen atoms in total. The van der Waals surface area contributed by atoms with Gasteiger partial charge in [-0.1, -0.05) is 141 Å². The summed E-state index contributed by atoms with van der Waals surface area (Å²) in [7, 11) is 0. The zero-order chi connectivity index (χ0) is 61.4. The van der Waals surface area contributed by atoms with Gasteiger partial charge in [-0.05, 0) is 209 Å². The van der Waals surface area contributed by atoms with Gasteiger partial charge in [0.25, 0.3) is 0 Å². The number of hydrogen-bond donors (Lipinski definition) is 1. The van der Waals surface area contributed by atoms with Crippen LogP contribution in [-0.2, 0) is 0 Å². The lowest BCUT2D eigenvalue weighted by Gasteiger charge is -2.17. The quantitative estimate of drug-likeness (QED) is 0.0209. The van der Waals surface area contributed by atoms with Crippen LogP contribution in [0.5, 0.6) is 17.2 Å². The van der Waals surface area contributed by atoms with Crippen LogP contribution in [0.25, 0.3) is 0 Å². The number of ether oxygens (including phenoxy) is 3. The van der Waals surface area contributed by atoms with Crippen molar-refractivity contribution in [2.75, 3.05) is 17.3 Å². The van der Waals surface area contributed by atoms with Crippen LogP contribution in [0.15, 0.2) is 204 Å². The molecule has 1 N–H and O–H groups in total. The molecule has 0 fully saturated rings. The van der Waals surface area contributed by atoms with E-state index in [0.717, 1.165) is 89.2 Å². The molecule has 4 aromatic rings. The Labute approximate surface area is 515 Å². The minimum Gasteiger partial charge on any atom is -0.478 e. The van der Waals surface area contributed by atoms with Crippen LogP contribution in [0, 0.1) is 0 Å². The first-order chi connectivity index (χ1) is 40.2. The predicted octanol–water partition coefficient (Wildman–Crippen LogP) is 21.6. The molecule has 0 unspecified atom stereocenters. The number of rotatable bonds is 34. The Hall–Kier alpha value is -6.53. The summed E-state index contributed by atoms with van der Waals surface area (Å²) in [4.78, 5) is 58.2. The van der Waals surface area contributed by atoms with Crippen LogP contribution in [0.3, 0.4) is 0 Å². The fraction of sp³-hybridized carbons (Fsp3) is 0.370. The summed E-state index contributed by atoms with van der Waals surface area (Å²) in [6.07, 6.45) is 31.9. The Morgan fingerprint density at radius 2 is 0.631 bits per heavy atom. The van der Waals surface area contributed by atoms with Crippen LogP contribution in [0.1, 0.15) is 202 Å². The molecule has 0 heterocycles. The zero-order valence-corrected chi connectivity index (χ0v) is 54.4. The van der Waals surface area contributed by atoms with E-state index in [1.807, 2.05) is 36.4 Å². The van der Waals surface area contributed by atoms with E-state index in [1.54, 1.807) is 36.4 Å². The smallest absolute Gasteiger partial charge is 0.344 e. The second kappa shape index (κ2) is 38.4. The van der Waals surface area contributed by atoms with Crippen molar-refractivity contribution in [3.63, 3.8) is 0 Å². The van der Waals surface area contributed by atoms with E-state index in [2.05, 4.69) is 138 Å². The molecule has 0 saturated carbocycles. The van der Waals surface area contributed by atoms with Gasteiger partial charge in [0, 0.05) is 31.9 Å². The van der Waals surface area contributed by atoms with Crippen LogP contribution in [-0.4, -0.2) is 46.2 Å². The van der Waals surface area contributed by atoms with Gasteiger partial charge in [-0.3, -0.25) is 0 Å². The number of aromatic carboxylic acids is 1. The van der Waals surface area contributed by atoms with Crippen LogP contribution >= 0.6 is 35.3 Å². The predicted molar refractivity (Wildman–Crippen MR) is 356 cm³/mol. The first kappa shape index (κ1) is 70.0. The maximum absolute atomic E-state index is 14.6. The molecule has 0 amide bonds. The van der Waals surface area contributed by atoms with E-state index in [0.29, 0.717) is 31.9 Å². The fourth-order valence-electron chi connectivity index (χ4n) is 8.53. The molecule has 4 rings (SSSR count). The van der Waals surface area contributed by atoms with Gasteiger partial charge in [0.2, 0.25) is 5.75 Å². The number of carbonyl (C=O) groups is 4. The molecule has 0 aromatic heterocycles. The Bertz CT molecular complexity index is 3010. The minimum atomic E-state index is -1.39. The highest BCUT2D eigenvalue weighted by Crippen LogP contribution is 2.42. The molecule has 448 valence electrons. The van der Waals surface area contributed by atoms with Gasteiger partial charge in [-0.15, -0.1) is 35.3 Å². The summed E-state index contributed by atoms with van der Waals surface area (Å²) >= 11 is 4.39. The van der Waals surface area contributed by atoms with Gasteiger partial charge in [-0.2, -0.15) is 0 Å². The molecule has 0 atom stereocenters. The van der Waals surface area contributed by atoms with E-state index in [4.69, 9.17) is 14.2 Å². The third-order valence-corrected chi connectivity index (χ3v) is 16.6. The lowest BCUT2D eigenvalue weighted by Crippen LogP contribution is -2.17. The number of benzene rings is 4. The molecule has 0 bridgehead atoms. The third-order valence-electron chi connectivity index (χ3n) is 13.6. The minimum absolute atomic E-state index is 0.215. The lowest BCUT2D eigenvalue weighted by molar-refractivity contribution is 0.0646. The highest BCUT2D eigenvalue weighted by Gasteiger charge is 2.28. The van der Waals surface area contributed by atoms with Crippen molar-refractivity contribution >= 4 is 59.2 Å². The van der Waals surface area contributed by atoms with Gasteiger partial charge < -0.3 is 19.3 Å². The summed E-state index contributed by atoms with van der Waals surface area (Å²) in [6, 6.07) is 23.2. The molecule has 0 radical (unpaired) electrons. The fourth-order valence-corrected chi connectivity index (χ4v) is 11.6. The molecular weight excluding hydrogens is 1100 g/mol. The lowest BCUT2D eigenvalue weighted by atomic mass is 10.1. The number of carboxylic acids is 1. The number of esters is 3. The SMILES string of the molecule is CC(C)=CCC/C(C)=C/CC/C(C)=C/CSc1ccccc1C(=O)Oc1cc(C(=O)O)cc(OC(=O)c2ccccc2SC/C=C(\C)CC/C=C(\C)CCC=C(C)C)c1OC(=O)c1ccccc1SC/C=C(\C)CC/C=C(\C)CCC=C(C)C. The second-order valence-electron chi connectivity index (χ2n) is 22.1. The second-order valence-corrected chi connectivity index (χ2v) is 25.3. The summed E-state index contributed by atoms with van der Waals surface area (Å²) in [5, 5.41) is 10.5. The third kappa shape index (κ3) is 27.0. The van der Waals surface area contributed by atoms with Crippen molar-refractivity contribution in [2.24, 2.45) is 0 Å². The maximum Gasteiger partial charge on any atom is 0.344 e. The molecule has 11 heteroatoms. The molecule has 0 aliphatic heterocycles. The summed E-state index contributed by atoms with van der Waals surface area (Å²) < 4.78 is 18.4. The number of carboxylic acid groups (broad SMARTS) is 1.